The van der Waals surface area contributed by atoms with Gasteiger partial charge in [-0.3, -0.25) is 4.79 Å². The molecule has 0 bridgehead atoms. The van der Waals surface area contributed by atoms with E-state index in [0.29, 0.717) is 34.4 Å². The number of nitrogens with one attached hydrogen (secondary N) is 3. The zero-order valence-electron chi connectivity index (χ0n) is 18.8. The third kappa shape index (κ3) is 4.37. The predicted octanol–water partition coefficient (Wildman–Crippen LogP) is 5.13. The van der Waals surface area contributed by atoms with Crippen molar-refractivity contribution in [2.75, 3.05) is 5.32 Å². The number of nitrogens with zero attached hydrogens (tertiary/aromatic N) is 3. The Morgan fingerprint density at radius 1 is 1.15 bits per heavy atom. The fraction of sp³-hybridized carbons (Fsp3) is 0.333. The smallest absolute Gasteiger partial charge is 0.271 e. The summed E-state index contributed by atoms with van der Waals surface area (Å²) in [5.41, 5.74) is 3.86. The number of H-pyrrole nitrogens is 1. The summed E-state index contributed by atoms with van der Waals surface area (Å²) in [5, 5.41) is 6.90. The molecule has 5 rings (SSSR count). The molecule has 0 saturated heterocycles. The van der Waals surface area contributed by atoms with Gasteiger partial charge >= 0.3 is 0 Å². The number of aromatic nitrogens is 4. The molecule has 4 aromatic rings. The molecule has 3 heterocycles. The first-order chi connectivity index (χ1) is 16.4. The highest BCUT2D eigenvalue weighted by molar-refractivity contribution is 7.09. The second-order valence-corrected chi connectivity index (χ2v) is 9.76. The van der Waals surface area contributed by atoms with Crippen LogP contribution < -0.4 is 10.6 Å². The van der Waals surface area contributed by atoms with Crippen molar-refractivity contribution in [3.63, 3.8) is 0 Å². The Kier molecular flexibility index (Phi) is 5.99. The molecule has 176 valence electrons. The third-order valence-electron chi connectivity index (χ3n) is 6.18. The SMILES string of the molecule is Cc1cc(F)c2[nH]cc(-c3ncc(F)c(N[C@H]4CCC[C@@H](NC(=O)c5ncsc5C)C4)n3)c2c1. The van der Waals surface area contributed by atoms with Crippen molar-refractivity contribution in [2.45, 2.75) is 51.6 Å². The fourth-order valence-corrected chi connectivity index (χ4v) is 5.10. The second kappa shape index (κ2) is 9.09. The Bertz CT molecular complexity index is 1370. The van der Waals surface area contributed by atoms with Crippen LogP contribution in [0.4, 0.5) is 14.6 Å². The van der Waals surface area contributed by atoms with Crippen LogP contribution in [0.15, 0.2) is 30.0 Å². The van der Waals surface area contributed by atoms with Gasteiger partial charge in [-0.1, -0.05) is 0 Å². The number of carbonyl (C=O) groups excluding carboxylic acids is 1. The van der Waals surface area contributed by atoms with Gasteiger partial charge in [0.25, 0.3) is 5.91 Å². The van der Waals surface area contributed by atoms with Crippen molar-refractivity contribution in [3.8, 4) is 11.4 Å². The van der Waals surface area contributed by atoms with Gasteiger partial charge in [0.05, 0.1) is 17.2 Å². The highest BCUT2D eigenvalue weighted by atomic mass is 32.1. The van der Waals surface area contributed by atoms with E-state index in [0.717, 1.165) is 35.9 Å². The zero-order chi connectivity index (χ0) is 23.8. The molecule has 1 aromatic carbocycles. The van der Waals surface area contributed by atoms with Crippen molar-refractivity contribution in [2.24, 2.45) is 0 Å². The van der Waals surface area contributed by atoms with Gasteiger partial charge in [0.2, 0.25) is 0 Å². The lowest BCUT2D eigenvalue weighted by Gasteiger charge is -2.30. The number of rotatable bonds is 5. The predicted molar refractivity (Wildman–Crippen MR) is 128 cm³/mol. The topological polar surface area (TPSA) is 95.6 Å². The van der Waals surface area contributed by atoms with Crippen LogP contribution in [0, 0.1) is 25.5 Å². The standard InChI is InChI=1S/C24H24F2N6OS/c1-12-6-16-17(9-27-21(16)18(25)7-12)22-28-10-19(26)23(32-22)30-14-4-3-5-15(8-14)31-24(33)20-13(2)34-11-29-20/h6-7,9-11,14-15,27H,3-5,8H2,1-2H3,(H,31,33)(H,28,30,32)/t14-,15+/m0/s1. The number of aromatic amines is 1. The van der Waals surface area contributed by atoms with E-state index in [9.17, 15) is 13.6 Å². The minimum atomic E-state index is -0.560. The Labute approximate surface area is 199 Å². The summed E-state index contributed by atoms with van der Waals surface area (Å²) in [6, 6.07) is 3.21. The Morgan fingerprint density at radius 2 is 1.97 bits per heavy atom. The van der Waals surface area contributed by atoms with E-state index in [1.165, 1.54) is 17.4 Å². The quantitative estimate of drug-likeness (QED) is 0.367. The molecule has 3 aromatic heterocycles. The molecule has 34 heavy (non-hydrogen) atoms. The molecule has 2 atom stereocenters. The molecule has 3 N–H and O–H groups in total. The lowest BCUT2D eigenvalue weighted by Crippen LogP contribution is -2.42. The van der Waals surface area contributed by atoms with Gasteiger partial charge in [-0.25, -0.2) is 23.7 Å². The van der Waals surface area contributed by atoms with Crippen LogP contribution in [-0.2, 0) is 0 Å². The summed E-state index contributed by atoms with van der Waals surface area (Å²) < 4.78 is 28.9. The van der Waals surface area contributed by atoms with Crippen molar-refractivity contribution < 1.29 is 13.6 Å². The molecular weight excluding hydrogens is 458 g/mol. The van der Waals surface area contributed by atoms with Gasteiger partial charge in [0, 0.05) is 34.1 Å². The first-order valence-electron chi connectivity index (χ1n) is 11.2. The number of anilines is 1. The summed E-state index contributed by atoms with van der Waals surface area (Å²) in [5.74, 6) is -0.693. The number of carbonyl (C=O) groups is 1. The van der Waals surface area contributed by atoms with Crippen molar-refractivity contribution in [1.29, 1.82) is 0 Å². The minimum absolute atomic E-state index is 0.0382. The van der Waals surface area contributed by atoms with Crippen LogP contribution in [0.25, 0.3) is 22.3 Å². The number of hydrogen-bond acceptors (Lipinski definition) is 6. The largest absolute Gasteiger partial charge is 0.365 e. The maximum absolute atomic E-state index is 14.6. The lowest BCUT2D eigenvalue weighted by molar-refractivity contribution is 0.0921. The average Bonchev–Trinajstić information content (AvgIpc) is 3.42. The van der Waals surface area contributed by atoms with Crippen LogP contribution in [0.3, 0.4) is 0 Å². The summed E-state index contributed by atoms with van der Waals surface area (Å²) in [4.78, 5) is 29.1. The van der Waals surface area contributed by atoms with Gasteiger partial charge in [-0.05, 0) is 57.2 Å². The van der Waals surface area contributed by atoms with Crippen LogP contribution in [0.1, 0.15) is 46.6 Å². The van der Waals surface area contributed by atoms with Gasteiger partial charge < -0.3 is 15.6 Å². The maximum atomic E-state index is 14.6. The molecule has 0 unspecified atom stereocenters. The highest BCUT2D eigenvalue weighted by Crippen LogP contribution is 2.30. The number of aryl methyl sites for hydroxylation is 2. The summed E-state index contributed by atoms with van der Waals surface area (Å²) in [6.45, 7) is 3.68. The van der Waals surface area contributed by atoms with Gasteiger partial charge in [0.1, 0.15) is 11.5 Å². The molecule has 1 aliphatic rings. The van der Waals surface area contributed by atoms with Crippen LogP contribution in [0.2, 0.25) is 0 Å². The Balaban J connectivity index is 1.33. The second-order valence-electron chi connectivity index (χ2n) is 8.70. The number of fused-ring (bicyclic) bond motifs is 1. The Morgan fingerprint density at radius 3 is 2.76 bits per heavy atom. The lowest BCUT2D eigenvalue weighted by atomic mass is 9.91. The molecule has 0 radical (unpaired) electrons. The molecule has 7 nitrogen and oxygen atoms in total. The van der Waals surface area contributed by atoms with E-state index in [1.54, 1.807) is 11.7 Å². The zero-order valence-corrected chi connectivity index (χ0v) is 19.6. The fourth-order valence-electron chi connectivity index (χ4n) is 4.53. The Hall–Kier alpha value is -3.40. The van der Waals surface area contributed by atoms with E-state index in [2.05, 4.69) is 30.6 Å². The number of halogens is 2. The van der Waals surface area contributed by atoms with E-state index >= 15 is 0 Å². The minimum Gasteiger partial charge on any atom is -0.365 e. The van der Waals surface area contributed by atoms with Crippen molar-refractivity contribution in [1.82, 2.24) is 25.3 Å². The van der Waals surface area contributed by atoms with E-state index in [4.69, 9.17) is 0 Å². The van der Waals surface area contributed by atoms with E-state index < -0.39 is 5.82 Å². The maximum Gasteiger partial charge on any atom is 0.271 e. The summed E-state index contributed by atoms with van der Waals surface area (Å²) >= 11 is 1.44. The molecule has 1 amide bonds. The monoisotopic (exact) mass is 482 g/mol. The van der Waals surface area contributed by atoms with Crippen LogP contribution in [0.5, 0.6) is 0 Å². The summed E-state index contributed by atoms with van der Waals surface area (Å²) in [6.07, 6.45) is 5.98. The normalized spacial score (nSPS) is 18.2. The number of benzene rings is 1. The van der Waals surface area contributed by atoms with Gasteiger partial charge in [-0.2, -0.15) is 0 Å². The molecule has 0 aliphatic heterocycles. The van der Waals surface area contributed by atoms with E-state index in [-0.39, 0.29) is 29.6 Å². The molecule has 1 fully saturated rings. The van der Waals surface area contributed by atoms with Crippen LogP contribution >= 0.6 is 11.3 Å². The van der Waals surface area contributed by atoms with Crippen molar-refractivity contribution in [3.05, 3.63) is 57.8 Å². The molecule has 0 spiro atoms. The van der Waals surface area contributed by atoms with Crippen LogP contribution in [-0.4, -0.2) is 37.9 Å². The first kappa shape index (κ1) is 22.4. The van der Waals surface area contributed by atoms with Gasteiger partial charge in [0.15, 0.2) is 17.5 Å². The number of thiazole rings is 1. The van der Waals surface area contributed by atoms with E-state index in [1.807, 2.05) is 19.9 Å². The molecule has 10 heteroatoms. The van der Waals surface area contributed by atoms with Gasteiger partial charge in [-0.15, -0.1) is 11.3 Å². The number of hydrogen-bond donors (Lipinski definition) is 3. The number of amides is 1. The molecule has 1 aliphatic carbocycles. The molecule has 1 saturated carbocycles. The average molecular weight is 483 g/mol. The first-order valence-corrected chi connectivity index (χ1v) is 12.0. The van der Waals surface area contributed by atoms with Crippen molar-refractivity contribution >= 4 is 34.0 Å². The molecular formula is C24H24F2N6OS. The highest BCUT2D eigenvalue weighted by Gasteiger charge is 2.26. The summed E-state index contributed by atoms with van der Waals surface area (Å²) in [7, 11) is 0. The third-order valence-corrected chi connectivity index (χ3v) is 6.94.